The molecule has 0 fully saturated rings. The molecule has 0 radical (unpaired) electrons. The van der Waals surface area contributed by atoms with Crippen LogP contribution in [0.25, 0.3) is 0 Å². The Bertz CT molecular complexity index is 836. The fourth-order valence-electron chi connectivity index (χ4n) is 2.39. The smallest absolute Gasteiger partial charge is 0.251 e. The third kappa shape index (κ3) is 5.29. The van der Waals surface area contributed by atoms with E-state index >= 15 is 0 Å². The number of carbonyl (C=O) groups excluding carboxylic acids is 1. The van der Waals surface area contributed by atoms with Gasteiger partial charge in [0.05, 0.1) is 12.4 Å². The lowest BCUT2D eigenvalue weighted by Crippen LogP contribution is -2.42. The zero-order valence-electron chi connectivity index (χ0n) is 13.8. The molecule has 2 aromatic carbocycles. The van der Waals surface area contributed by atoms with E-state index in [1.165, 1.54) is 12.1 Å². The van der Waals surface area contributed by atoms with E-state index in [2.05, 4.69) is 32.9 Å². The number of nitrogens with zero attached hydrogens (tertiary/aromatic N) is 2. The number of carbonyl (C=O) groups is 1. The Kier molecular flexibility index (Phi) is 6.21. The van der Waals surface area contributed by atoms with Crippen molar-refractivity contribution in [3.05, 3.63) is 82.2 Å². The van der Waals surface area contributed by atoms with Crippen LogP contribution in [0.5, 0.6) is 5.75 Å². The molecule has 1 aromatic heterocycles. The Labute approximate surface area is 164 Å². The maximum Gasteiger partial charge on any atom is 0.251 e. The number of aromatic nitrogens is 2. The minimum atomic E-state index is -0.320. The normalized spacial score (nSPS) is 11.8. The Morgan fingerprint density at radius 1 is 1.19 bits per heavy atom. The van der Waals surface area contributed by atoms with Crippen molar-refractivity contribution in [1.29, 1.82) is 0 Å². The zero-order valence-corrected chi connectivity index (χ0v) is 16.0. The molecule has 1 unspecified atom stereocenters. The summed E-state index contributed by atoms with van der Waals surface area (Å²) in [4.78, 5) is 16.5. The number of hydrogen-bond acceptors (Lipinski definition) is 3. The molecular formula is C19H17FIN3O2. The highest BCUT2D eigenvalue weighted by Gasteiger charge is 2.15. The molecule has 0 aliphatic heterocycles. The van der Waals surface area contributed by atoms with Gasteiger partial charge in [0.2, 0.25) is 0 Å². The number of halogens is 2. The molecule has 0 bridgehead atoms. The lowest BCUT2D eigenvalue weighted by molar-refractivity contribution is 0.0915. The minimum Gasteiger partial charge on any atom is -0.491 e. The van der Waals surface area contributed by atoms with Crippen LogP contribution in [-0.4, -0.2) is 28.1 Å². The van der Waals surface area contributed by atoms with Crippen molar-refractivity contribution in [3.8, 4) is 5.75 Å². The SMILES string of the molecule is O=C(NC(COc1ccc(F)cc1)Cn1ccnc1)c1ccc(I)cc1. The van der Waals surface area contributed by atoms with Crippen molar-refractivity contribution in [2.24, 2.45) is 0 Å². The van der Waals surface area contributed by atoms with Crippen LogP contribution in [0, 0.1) is 9.39 Å². The van der Waals surface area contributed by atoms with E-state index in [9.17, 15) is 9.18 Å². The third-order valence-electron chi connectivity index (χ3n) is 3.70. The van der Waals surface area contributed by atoms with E-state index in [1.807, 2.05) is 22.9 Å². The Morgan fingerprint density at radius 3 is 2.58 bits per heavy atom. The molecule has 0 aliphatic carbocycles. The molecule has 3 rings (SSSR count). The van der Waals surface area contributed by atoms with Crippen LogP contribution in [0.3, 0.4) is 0 Å². The molecule has 134 valence electrons. The van der Waals surface area contributed by atoms with Gasteiger partial charge in [-0.25, -0.2) is 9.37 Å². The van der Waals surface area contributed by atoms with E-state index in [0.29, 0.717) is 17.9 Å². The summed E-state index contributed by atoms with van der Waals surface area (Å²) in [6.45, 7) is 0.761. The maximum atomic E-state index is 13.0. The second-order valence-electron chi connectivity index (χ2n) is 5.70. The van der Waals surface area contributed by atoms with Crippen molar-refractivity contribution in [2.45, 2.75) is 12.6 Å². The second kappa shape index (κ2) is 8.79. The van der Waals surface area contributed by atoms with Gasteiger partial charge in [0, 0.05) is 28.1 Å². The first-order valence-corrected chi connectivity index (χ1v) is 9.08. The van der Waals surface area contributed by atoms with E-state index in [4.69, 9.17) is 4.74 Å². The van der Waals surface area contributed by atoms with Crippen molar-refractivity contribution in [3.63, 3.8) is 0 Å². The molecular weight excluding hydrogens is 448 g/mol. The number of amides is 1. The molecule has 26 heavy (non-hydrogen) atoms. The van der Waals surface area contributed by atoms with Crippen LogP contribution in [0.15, 0.2) is 67.3 Å². The summed E-state index contributed by atoms with van der Waals surface area (Å²) in [6, 6.07) is 12.9. The Hall–Kier alpha value is -2.42. The highest BCUT2D eigenvalue weighted by molar-refractivity contribution is 14.1. The van der Waals surface area contributed by atoms with Crippen LogP contribution >= 0.6 is 22.6 Å². The number of benzene rings is 2. The third-order valence-corrected chi connectivity index (χ3v) is 4.42. The van der Waals surface area contributed by atoms with Gasteiger partial charge in [-0.05, 0) is 71.1 Å². The second-order valence-corrected chi connectivity index (χ2v) is 6.95. The molecule has 0 saturated heterocycles. The summed E-state index contributed by atoms with van der Waals surface area (Å²) in [5.74, 6) is 0.0547. The summed E-state index contributed by atoms with van der Waals surface area (Å²) in [5, 5.41) is 2.98. The predicted octanol–water partition coefficient (Wildman–Crippen LogP) is 3.50. The molecule has 0 spiro atoms. The maximum absolute atomic E-state index is 13.0. The Morgan fingerprint density at radius 2 is 1.92 bits per heavy atom. The van der Waals surface area contributed by atoms with Gasteiger partial charge in [-0.15, -0.1) is 0 Å². The van der Waals surface area contributed by atoms with Crippen LogP contribution in [-0.2, 0) is 6.54 Å². The van der Waals surface area contributed by atoms with Gasteiger partial charge in [-0.1, -0.05) is 0 Å². The van der Waals surface area contributed by atoms with Gasteiger partial charge in [0.15, 0.2) is 0 Å². The van der Waals surface area contributed by atoms with Gasteiger partial charge in [-0.2, -0.15) is 0 Å². The highest BCUT2D eigenvalue weighted by atomic mass is 127. The van der Waals surface area contributed by atoms with Gasteiger partial charge in [0.1, 0.15) is 18.2 Å². The standard InChI is InChI=1S/C19H17FIN3O2/c20-15-3-7-18(8-4-15)26-12-17(11-24-10-9-22-13-24)23-19(25)14-1-5-16(21)6-2-14/h1-10,13,17H,11-12H2,(H,23,25). The summed E-state index contributed by atoms with van der Waals surface area (Å²) in [5.41, 5.74) is 0.586. The molecule has 5 nitrogen and oxygen atoms in total. The van der Waals surface area contributed by atoms with E-state index in [0.717, 1.165) is 3.57 Å². The predicted molar refractivity (Wildman–Crippen MR) is 105 cm³/mol. The number of imidazole rings is 1. The molecule has 0 saturated carbocycles. The number of nitrogens with one attached hydrogen (secondary N) is 1. The molecule has 1 N–H and O–H groups in total. The monoisotopic (exact) mass is 465 g/mol. The lowest BCUT2D eigenvalue weighted by atomic mass is 10.2. The van der Waals surface area contributed by atoms with Crippen molar-refractivity contribution < 1.29 is 13.9 Å². The average molecular weight is 465 g/mol. The number of hydrogen-bond donors (Lipinski definition) is 1. The minimum absolute atomic E-state index is 0.172. The zero-order chi connectivity index (χ0) is 18.4. The first kappa shape index (κ1) is 18.4. The average Bonchev–Trinajstić information content (AvgIpc) is 3.14. The van der Waals surface area contributed by atoms with E-state index in [-0.39, 0.29) is 24.4 Å². The van der Waals surface area contributed by atoms with Crippen molar-refractivity contribution in [2.75, 3.05) is 6.61 Å². The van der Waals surface area contributed by atoms with Gasteiger partial charge >= 0.3 is 0 Å². The van der Waals surface area contributed by atoms with Crippen LogP contribution in [0.1, 0.15) is 10.4 Å². The summed E-state index contributed by atoms with van der Waals surface area (Å²) < 4.78 is 21.6. The van der Waals surface area contributed by atoms with E-state index in [1.54, 1.807) is 36.8 Å². The molecule has 7 heteroatoms. The summed E-state index contributed by atoms with van der Waals surface area (Å²) in [6.07, 6.45) is 5.18. The molecule has 0 aliphatic rings. The summed E-state index contributed by atoms with van der Waals surface area (Å²) in [7, 11) is 0. The van der Waals surface area contributed by atoms with Crippen LogP contribution in [0.4, 0.5) is 4.39 Å². The van der Waals surface area contributed by atoms with Gasteiger partial charge < -0.3 is 14.6 Å². The number of ether oxygens (including phenoxy) is 1. The van der Waals surface area contributed by atoms with Gasteiger partial charge in [0.25, 0.3) is 5.91 Å². The van der Waals surface area contributed by atoms with E-state index < -0.39 is 0 Å². The topological polar surface area (TPSA) is 56.1 Å². The van der Waals surface area contributed by atoms with Crippen molar-refractivity contribution >= 4 is 28.5 Å². The lowest BCUT2D eigenvalue weighted by Gasteiger charge is -2.20. The number of rotatable bonds is 7. The Balaban J connectivity index is 1.66. The van der Waals surface area contributed by atoms with Crippen LogP contribution < -0.4 is 10.1 Å². The summed E-state index contributed by atoms with van der Waals surface area (Å²) >= 11 is 2.19. The molecule has 1 amide bonds. The molecule has 1 atom stereocenters. The molecule has 3 aromatic rings. The highest BCUT2D eigenvalue weighted by Crippen LogP contribution is 2.12. The largest absolute Gasteiger partial charge is 0.491 e. The van der Waals surface area contributed by atoms with Gasteiger partial charge in [-0.3, -0.25) is 4.79 Å². The van der Waals surface area contributed by atoms with Crippen molar-refractivity contribution in [1.82, 2.24) is 14.9 Å². The first-order chi connectivity index (χ1) is 12.6. The van der Waals surface area contributed by atoms with Crippen LogP contribution in [0.2, 0.25) is 0 Å². The first-order valence-electron chi connectivity index (χ1n) is 8.01. The fraction of sp³-hybridized carbons (Fsp3) is 0.158. The molecule has 1 heterocycles. The quantitative estimate of drug-likeness (QED) is 0.544. The fourth-order valence-corrected chi connectivity index (χ4v) is 2.75.